The van der Waals surface area contributed by atoms with Crippen LogP contribution in [0.3, 0.4) is 0 Å². The van der Waals surface area contributed by atoms with E-state index in [2.05, 4.69) is 12.1 Å². The van der Waals surface area contributed by atoms with Crippen LogP contribution in [0.25, 0.3) is 0 Å². The van der Waals surface area contributed by atoms with Gasteiger partial charge in [-0.3, -0.25) is 4.79 Å². The Bertz CT molecular complexity index is 896. The molecule has 4 aliphatic carbocycles. The van der Waals surface area contributed by atoms with E-state index in [1.807, 2.05) is 12.1 Å². The first-order chi connectivity index (χ1) is 13.5. The molecule has 0 heterocycles. The average Bonchev–Trinajstić information content (AvgIpc) is 2.67. The lowest BCUT2D eigenvalue weighted by Gasteiger charge is -2.57. The fraction of sp³-hybridized carbons (Fsp3) is 0.417. The van der Waals surface area contributed by atoms with Crippen molar-refractivity contribution in [3.8, 4) is 0 Å². The minimum atomic E-state index is -0.953. The van der Waals surface area contributed by atoms with Gasteiger partial charge >= 0.3 is 5.97 Å². The molecule has 4 aliphatic rings. The molecule has 6 rings (SSSR count). The van der Waals surface area contributed by atoms with Crippen molar-refractivity contribution >= 4 is 22.8 Å². The van der Waals surface area contributed by atoms with Crippen molar-refractivity contribution in [1.82, 2.24) is 0 Å². The third-order valence-electron chi connectivity index (χ3n) is 7.06. The number of carboxylic acids is 1. The molecule has 4 bridgehead atoms. The molecule has 2 aromatic carbocycles. The lowest BCUT2D eigenvalue weighted by Crippen LogP contribution is -2.48. The Morgan fingerprint density at radius 1 is 0.857 bits per heavy atom. The van der Waals surface area contributed by atoms with Crippen LogP contribution in [-0.2, 0) is 5.41 Å². The van der Waals surface area contributed by atoms with E-state index in [-0.39, 0.29) is 10.7 Å². The SMILES string of the molecule is O=C(O)c1ccc(SC(=O)c2cccc(C34CC5CC(CC(C5)C3)C4)c2)cc1. The zero-order chi connectivity index (χ0) is 19.3. The lowest BCUT2D eigenvalue weighted by atomic mass is 9.48. The van der Waals surface area contributed by atoms with Crippen molar-refractivity contribution in [3.63, 3.8) is 0 Å². The van der Waals surface area contributed by atoms with E-state index in [0.717, 1.165) is 28.2 Å². The predicted octanol–water partition coefficient (Wildman–Crippen LogP) is 5.79. The van der Waals surface area contributed by atoms with Gasteiger partial charge in [-0.05, 0) is 109 Å². The van der Waals surface area contributed by atoms with Gasteiger partial charge in [0, 0.05) is 10.5 Å². The molecule has 144 valence electrons. The average molecular weight is 393 g/mol. The molecule has 4 heteroatoms. The number of hydrogen-bond acceptors (Lipinski definition) is 3. The Kier molecular flexibility index (Phi) is 4.35. The van der Waals surface area contributed by atoms with Crippen LogP contribution < -0.4 is 0 Å². The summed E-state index contributed by atoms with van der Waals surface area (Å²) in [6.45, 7) is 0. The zero-order valence-electron chi connectivity index (χ0n) is 15.8. The second kappa shape index (κ2) is 6.77. The lowest BCUT2D eigenvalue weighted by molar-refractivity contribution is -0.00520. The fourth-order valence-corrected chi connectivity index (χ4v) is 7.00. The molecule has 0 unspecified atom stereocenters. The number of carboxylic acid groups (broad SMARTS) is 1. The van der Waals surface area contributed by atoms with Gasteiger partial charge in [0.05, 0.1) is 5.56 Å². The molecule has 2 aromatic rings. The summed E-state index contributed by atoms with van der Waals surface area (Å²) in [6, 6.07) is 14.8. The van der Waals surface area contributed by atoms with Gasteiger partial charge in [0.15, 0.2) is 0 Å². The largest absolute Gasteiger partial charge is 0.478 e. The molecule has 0 saturated heterocycles. The summed E-state index contributed by atoms with van der Waals surface area (Å²) < 4.78 is 0. The molecular formula is C24H24O3S. The number of carbonyl (C=O) groups is 2. The van der Waals surface area contributed by atoms with Crippen LogP contribution in [0.5, 0.6) is 0 Å². The molecule has 4 saturated carbocycles. The summed E-state index contributed by atoms with van der Waals surface area (Å²) in [6.07, 6.45) is 8.13. The van der Waals surface area contributed by atoms with E-state index >= 15 is 0 Å². The molecule has 0 aromatic heterocycles. The summed E-state index contributed by atoms with van der Waals surface area (Å²) in [4.78, 5) is 24.6. The van der Waals surface area contributed by atoms with Crippen LogP contribution in [0.1, 0.15) is 64.8 Å². The van der Waals surface area contributed by atoms with Crippen LogP contribution >= 0.6 is 11.8 Å². The quantitative estimate of drug-likeness (QED) is 0.670. The van der Waals surface area contributed by atoms with E-state index < -0.39 is 5.97 Å². The van der Waals surface area contributed by atoms with Crippen molar-refractivity contribution in [2.75, 3.05) is 0 Å². The maximum Gasteiger partial charge on any atom is 0.335 e. The van der Waals surface area contributed by atoms with Crippen LogP contribution in [0, 0.1) is 17.8 Å². The van der Waals surface area contributed by atoms with Crippen molar-refractivity contribution in [2.45, 2.75) is 48.8 Å². The zero-order valence-corrected chi connectivity index (χ0v) is 16.6. The molecule has 3 nitrogen and oxygen atoms in total. The molecule has 0 atom stereocenters. The number of thioether (sulfide) groups is 1. The number of aromatic carboxylic acids is 1. The first-order valence-corrected chi connectivity index (χ1v) is 11.0. The van der Waals surface area contributed by atoms with Crippen molar-refractivity contribution in [3.05, 3.63) is 65.2 Å². The second-order valence-corrected chi connectivity index (χ2v) is 10.0. The number of hydrogen-bond donors (Lipinski definition) is 1. The highest BCUT2D eigenvalue weighted by Gasteiger charge is 2.51. The smallest absolute Gasteiger partial charge is 0.335 e. The van der Waals surface area contributed by atoms with Gasteiger partial charge < -0.3 is 5.11 Å². The molecule has 0 aliphatic heterocycles. The van der Waals surface area contributed by atoms with Gasteiger partial charge in [0.2, 0.25) is 5.12 Å². The standard InChI is InChI=1S/C24H24O3S/c25-22(26)18-4-6-21(7-5-18)28-23(27)19-2-1-3-20(11-19)24-12-15-8-16(13-24)10-17(9-15)14-24/h1-7,11,15-17H,8-10,12-14H2,(H,25,26). The fourth-order valence-electron chi connectivity index (χ4n) is 6.27. The third-order valence-corrected chi connectivity index (χ3v) is 7.99. The summed E-state index contributed by atoms with van der Waals surface area (Å²) in [5.41, 5.74) is 2.64. The molecule has 0 radical (unpaired) electrons. The highest BCUT2D eigenvalue weighted by molar-refractivity contribution is 8.14. The Balaban J connectivity index is 1.37. The van der Waals surface area contributed by atoms with E-state index in [1.165, 1.54) is 55.9 Å². The van der Waals surface area contributed by atoms with Crippen molar-refractivity contribution in [2.24, 2.45) is 17.8 Å². The highest BCUT2D eigenvalue weighted by atomic mass is 32.2. The monoisotopic (exact) mass is 392 g/mol. The summed E-state index contributed by atoms with van der Waals surface area (Å²) in [7, 11) is 0. The third kappa shape index (κ3) is 3.18. The predicted molar refractivity (Wildman–Crippen MR) is 110 cm³/mol. The second-order valence-electron chi connectivity index (χ2n) is 9.00. The number of rotatable bonds is 4. The first-order valence-electron chi connectivity index (χ1n) is 10.2. The van der Waals surface area contributed by atoms with E-state index in [9.17, 15) is 9.59 Å². The maximum atomic E-state index is 12.9. The van der Waals surface area contributed by atoms with E-state index in [1.54, 1.807) is 24.3 Å². The number of benzene rings is 2. The highest BCUT2D eigenvalue weighted by Crippen LogP contribution is 2.60. The first kappa shape index (κ1) is 18.0. The minimum Gasteiger partial charge on any atom is -0.478 e. The molecule has 4 fully saturated rings. The van der Waals surface area contributed by atoms with Gasteiger partial charge in [0.25, 0.3) is 0 Å². The van der Waals surface area contributed by atoms with Crippen LogP contribution in [0.15, 0.2) is 53.4 Å². The van der Waals surface area contributed by atoms with Crippen LogP contribution in [0.4, 0.5) is 0 Å². The molecule has 1 N–H and O–H groups in total. The molecular weight excluding hydrogens is 368 g/mol. The Labute approximate surface area is 169 Å². The minimum absolute atomic E-state index is 0.0228. The normalized spacial score (nSPS) is 30.4. The Morgan fingerprint density at radius 2 is 1.46 bits per heavy atom. The van der Waals surface area contributed by atoms with Gasteiger partial charge in [-0.25, -0.2) is 4.79 Å². The Hall–Kier alpha value is -2.07. The van der Waals surface area contributed by atoms with E-state index in [4.69, 9.17) is 5.11 Å². The van der Waals surface area contributed by atoms with E-state index in [0.29, 0.717) is 5.41 Å². The summed E-state index contributed by atoms with van der Waals surface area (Å²) >= 11 is 1.17. The van der Waals surface area contributed by atoms with Crippen LogP contribution in [0.2, 0.25) is 0 Å². The van der Waals surface area contributed by atoms with Crippen molar-refractivity contribution < 1.29 is 14.7 Å². The van der Waals surface area contributed by atoms with Gasteiger partial charge in [-0.15, -0.1) is 0 Å². The topological polar surface area (TPSA) is 54.4 Å². The van der Waals surface area contributed by atoms with Crippen molar-refractivity contribution in [1.29, 1.82) is 0 Å². The Morgan fingerprint density at radius 3 is 2.04 bits per heavy atom. The van der Waals surface area contributed by atoms with Gasteiger partial charge in [-0.1, -0.05) is 18.2 Å². The molecule has 0 spiro atoms. The summed E-state index contributed by atoms with van der Waals surface area (Å²) in [5.74, 6) is 1.69. The summed E-state index contributed by atoms with van der Waals surface area (Å²) in [5, 5.41) is 9.03. The van der Waals surface area contributed by atoms with Gasteiger partial charge in [-0.2, -0.15) is 0 Å². The number of carbonyl (C=O) groups excluding carboxylic acids is 1. The van der Waals surface area contributed by atoms with Crippen LogP contribution in [-0.4, -0.2) is 16.2 Å². The maximum absolute atomic E-state index is 12.9. The molecule has 0 amide bonds. The van der Waals surface area contributed by atoms with Gasteiger partial charge in [0.1, 0.15) is 0 Å². The molecule has 28 heavy (non-hydrogen) atoms.